The average Bonchev–Trinajstić information content (AvgIpc) is 3.56. The molecule has 0 spiro atoms. The normalized spacial score (nSPS) is 23.6. The maximum atomic E-state index is 13.4. The van der Waals surface area contributed by atoms with E-state index in [-0.39, 0.29) is 42.7 Å². The molecule has 0 saturated carbocycles. The van der Waals surface area contributed by atoms with Crippen LogP contribution in [0.5, 0.6) is 5.88 Å². The molecule has 2 aromatic rings. The van der Waals surface area contributed by atoms with E-state index in [4.69, 9.17) is 9.47 Å². The van der Waals surface area contributed by atoms with E-state index in [1.165, 1.54) is 4.31 Å². The fraction of sp³-hybridized carbons (Fsp3) is 0.583. The summed E-state index contributed by atoms with van der Waals surface area (Å²) >= 11 is 0. The van der Waals surface area contributed by atoms with Crippen molar-refractivity contribution >= 4 is 21.7 Å². The largest absolute Gasteiger partial charge is 0.471 e. The summed E-state index contributed by atoms with van der Waals surface area (Å²) in [4.78, 5) is 10.0. The Morgan fingerprint density at radius 2 is 1.82 bits per heavy atom. The van der Waals surface area contributed by atoms with Crippen molar-refractivity contribution in [1.82, 2.24) is 14.3 Å². The molecule has 2 atom stereocenters. The summed E-state index contributed by atoms with van der Waals surface area (Å²) < 4.78 is 78.7. The lowest BCUT2D eigenvalue weighted by Crippen LogP contribution is -2.42. The molecule has 3 aliphatic heterocycles. The number of alkyl halides is 3. The smallest absolute Gasteiger partial charge is 0.423 e. The van der Waals surface area contributed by atoms with E-state index >= 15 is 0 Å². The fourth-order valence-corrected chi connectivity index (χ4v) is 6.33. The molecule has 2 N–H and O–H groups in total. The molecule has 4 heterocycles. The average molecular weight is 558 g/mol. The van der Waals surface area contributed by atoms with Gasteiger partial charge in [0.2, 0.25) is 21.9 Å². The van der Waals surface area contributed by atoms with Gasteiger partial charge < -0.3 is 24.8 Å². The van der Waals surface area contributed by atoms with Gasteiger partial charge >= 0.3 is 6.18 Å². The van der Waals surface area contributed by atoms with Gasteiger partial charge in [0, 0.05) is 50.5 Å². The minimum atomic E-state index is -4.67. The van der Waals surface area contributed by atoms with Crippen molar-refractivity contribution < 1.29 is 36.2 Å². The number of aliphatic hydroxyl groups excluding tert-OH is 1. The number of benzene rings is 1. The molecule has 0 unspecified atom stereocenters. The molecule has 14 heteroatoms. The monoisotopic (exact) mass is 557 g/mol. The molecular weight excluding hydrogens is 527 g/mol. The Bertz CT molecular complexity index is 1220. The number of halogens is 3. The SMILES string of the molecule is O=S(=O)(c1ccc(N2CC[C@H](O)C2)cc1)N1CCC(Nc2ncc(C(F)(F)F)c(O[C@H]3CCOC3)n2)CC1. The van der Waals surface area contributed by atoms with Crippen molar-refractivity contribution in [2.24, 2.45) is 0 Å². The van der Waals surface area contributed by atoms with Crippen molar-refractivity contribution in [3.63, 3.8) is 0 Å². The number of nitrogens with zero attached hydrogens (tertiary/aromatic N) is 4. The number of β-amino-alcohol motifs (C(OH)–C–C–N with tert-alkyl or cyclic N) is 1. The number of aliphatic hydroxyl groups is 1. The number of sulfonamides is 1. The van der Waals surface area contributed by atoms with Gasteiger partial charge in [0.05, 0.1) is 24.2 Å². The van der Waals surface area contributed by atoms with E-state index in [2.05, 4.69) is 15.3 Å². The maximum Gasteiger partial charge on any atom is 0.423 e. The van der Waals surface area contributed by atoms with Crippen LogP contribution >= 0.6 is 0 Å². The third kappa shape index (κ3) is 5.98. The van der Waals surface area contributed by atoms with Gasteiger partial charge in [0.15, 0.2) is 0 Å². The van der Waals surface area contributed by atoms with Gasteiger partial charge in [-0.3, -0.25) is 0 Å². The summed E-state index contributed by atoms with van der Waals surface area (Å²) in [6.07, 6.45) is -2.83. The van der Waals surface area contributed by atoms with Crippen LogP contribution in [0.1, 0.15) is 31.2 Å². The van der Waals surface area contributed by atoms with Crippen LogP contribution in [0.4, 0.5) is 24.8 Å². The van der Waals surface area contributed by atoms with Gasteiger partial charge in [-0.15, -0.1) is 0 Å². The Kier molecular flexibility index (Phi) is 7.67. The molecule has 0 amide bonds. The summed E-state index contributed by atoms with van der Waals surface area (Å²) in [5, 5.41) is 12.8. The molecular formula is C24H30F3N5O5S. The minimum absolute atomic E-state index is 0.00385. The van der Waals surface area contributed by atoms with Crippen LogP contribution in [0.3, 0.4) is 0 Å². The molecule has 3 saturated heterocycles. The Balaban J connectivity index is 1.20. The van der Waals surface area contributed by atoms with E-state index in [0.29, 0.717) is 45.0 Å². The molecule has 38 heavy (non-hydrogen) atoms. The highest BCUT2D eigenvalue weighted by Gasteiger charge is 2.38. The number of hydrogen-bond donors (Lipinski definition) is 2. The molecule has 5 rings (SSSR count). The molecule has 1 aromatic carbocycles. The zero-order valence-corrected chi connectivity index (χ0v) is 21.4. The first-order chi connectivity index (χ1) is 18.1. The predicted octanol–water partition coefficient (Wildman–Crippen LogP) is 2.50. The van der Waals surface area contributed by atoms with E-state index in [9.17, 15) is 26.7 Å². The first-order valence-corrected chi connectivity index (χ1v) is 14.0. The van der Waals surface area contributed by atoms with Crippen LogP contribution in [0.2, 0.25) is 0 Å². The number of ether oxygens (including phenoxy) is 2. The Morgan fingerprint density at radius 1 is 1.08 bits per heavy atom. The standard InChI is InChI=1S/C24H30F3N5O5S/c25-24(26,27)21-13-28-23(30-22(21)37-19-8-12-36-15-19)29-16-5-10-32(11-6-16)38(34,35)20-3-1-17(2-4-20)31-9-7-18(33)14-31/h1-4,13,16,18-19,33H,5-12,14-15H2,(H,28,29,30)/t18-,19-/m0/s1. The first-order valence-electron chi connectivity index (χ1n) is 12.6. The second kappa shape index (κ2) is 10.8. The molecule has 208 valence electrons. The topological polar surface area (TPSA) is 117 Å². The number of hydrogen-bond acceptors (Lipinski definition) is 9. The number of piperidine rings is 1. The summed E-state index contributed by atoms with van der Waals surface area (Å²) in [5.41, 5.74) is -0.188. The lowest BCUT2D eigenvalue weighted by Gasteiger charge is -2.31. The van der Waals surface area contributed by atoms with Crippen molar-refractivity contribution in [2.75, 3.05) is 49.6 Å². The lowest BCUT2D eigenvalue weighted by atomic mass is 10.1. The third-order valence-corrected chi connectivity index (χ3v) is 8.93. The molecule has 3 fully saturated rings. The highest BCUT2D eigenvalue weighted by molar-refractivity contribution is 7.89. The number of aromatic nitrogens is 2. The van der Waals surface area contributed by atoms with Crippen LogP contribution in [-0.4, -0.2) is 85.4 Å². The number of rotatable bonds is 7. The van der Waals surface area contributed by atoms with Gasteiger partial charge in [0.1, 0.15) is 11.7 Å². The fourth-order valence-electron chi connectivity index (χ4n) is 4.86. The molecule has 10 nitrogen and oxygen atoms in total. The first kappa shape index (κ1) is 26.9. The van der Waals surface area contributed by atoms with Crippen LogP contribution in [0, 0.1) is 0 Å². The second-order valence-corrected chi connectivity index (χ2v) is 11.7. The highest BCUT2D eigenvalue weighted by atomic mass is 32.2. The molecule has 0 aliphatic carbocycles. The van der Waals surface area contributed by atoms with Crippen LogP contribution in [-0.2, 0) is 20.9 Å². The van der Waals surface area contributed by atoms with Gasteiger partial charge in [-0.2, -0.15) is 22.5 Å². The third-order valence-electron chi connectivity index (χ3n) is 7.02. The van der Waals surface area contributed by atoms with Crippen molar-refractivity contribution in [3.8, 4) is 5.88 Å². The number of anilines is 2. The zero-order chi connectivity index (χ0) is 26.9. The van der Waals surface area contributed by atoms with Crippen molar-refractivity contribution in [2.45, 2.75) is 55.0 Å². The van der Waals surface area contributed by atoms with Crippen LogP contribution in [0.25, 0.3) is 0 Å². The highest BCUT2D eigenvalue weighted by Crippen LogP contribution is 2.36. The predicted molar refractivity (Wildman–Crippen MR) is 132 cm³/mol. The summed E-state index contributed by atoms with van der Waals surface area (Å²) in [6, 6.07) is 6.43. The van der Waals surface area contributed by atoms with E-state index in [0.717, 1.165) is 12.2 Å². The molecule has 0 bridgehead atoms. The van der Waals surface area contributed by atoms with Gasteiger partial charge in [-0.05, 0) is 43.5 Å². The molecule has 1 aromatic heterocycles. The van der Waals surface area contributed by atoms with E-state index in [1.54, 1.807) is 24.3 Å². The van der Waals surface area contributed by atoms with E-state index < -0.39 is 33.7 Å². The van der Waals surface area contributed by atoms with Crippen LogP contribution < -0.4 is 15.0 Å². The Hall–Kier alpha value is -2.68. The summed E-state index contributed by atoms with van der Waals surface area (Å²) in [7, 11) is -3.70. The maximum absolute atomic E-state index is 13.4. The Labute approximate surface area is 218 Å². The zero-order valence-electron chi connectivity index (χ0n) is 20.6. The van der Waals surface area contributed by atoms with Gasteiger partial charge in [0.25, 0.3) is 0 Å². The van der Waals surface area contributed by atoms with Gasteiger partial charge in [-0.1, -0.05) is 0 Å². The Morgan fingerprint density at radius 3 is 2.42 bits per heavy atom. The molecule has 3 aliphatic rings. The second-order valence-electron chi connectivity index (χ2n) is 9.72. The van der Waals surface area contributed by atoms with Gasteiger partial charge in [-0.25, -0.2) is 13.4 Å². The summed E-state index contributed by atoms with van der Waals surface area (Å²) in [6.45, 7) is 2.33. The molecule has 0 radical (unpaired) electrons. The quantitative estimate of drug-likeness (QED) is 0.530. The van der Waals surface area contributed by atoms with Crippen molar-refractivity contribution in [1.29, 1.82) is 0 Å². The minimum Gasteiger partial charge on any atom is -0.471 e. The number of nitrogens with one attached hydrogen (secondary N) is 1. The van der Waals surface area contributed by atoms with Crippen LogP contribution in [0.15, 0.2) is 35.4 Å². The van der Waals surface area contributed by atoms with E-state index in [1.807, 2.05) is 4.90 Å². The van der Waals surface area contributed by atoms with Crippen molar-refractivity contribution in [3.05, 3.63) is 36.0 Å². The lowest BCUT2D eigenvalue weighted by molar-refractivity contribution is -0.139. The summed E-state index contributed by atoms with van der Waals surface area (Å²) in [5.74, 6) is -0.548.